The summed E-state index contributed by atoms with van der Waals surface area (Å²) in [5.74, 6) is -1.22. The molecule has 1 rings (SSSR count). The van der Waals surface area contributed by atoms with E-state index in [1.807, 2.05) is 0 Å². The molecule has 1 amide bonds. The second-order valence-electron chi connectivity index (χ2n) is 4.69. The van der Waals surface area contributed by atoms with E-state index in [0.29, 0.717) is 22.6 Å². The van der Waals surface area contributed by atoms with Gasteiger partial charge in [-0.25, -0.2) is 4.79 Å². The fraction of sp³-hybridized carbons (Fsp3) is 0.500. The summed E-state index contributed by atoms with van der Waals surface area (Å²) < 4.78 is 9.79. The molecule has 0 spiro atoms. The smallest absolute Gasteiger partial charge is 0.326 e. The number of carboxylic acids is 1. The zero-order chi connectivity index (χ0) is 16.2. The van der Waals surface area contributed by atoms with E-state index in [4.69, 9.17) is 9.52 Å². The Morgan fingerprint density at radius 2 is 1.86 bits per heavy atom. The summed E-state index contributed by atoms with van der Waals surface area (Å²) in [4.78, 5) is 34.4. The summed E-state index contributed by atoms with van der Waals surface area (Å²) in [5.41, 5.74) is 0.999. The number of aliphatic carboxylic acids is 1. The van der Waals surface area contributed by atoms with Crippen molar-refractivity contribution in [1.29, 1.82) is 0 Å². The van der Waals surface area contributed by atoms with Gasteiger partial charge < -0.3 is 19.6 Å². The van der Waals surface area contributed by atoms with Crippen LogP contribution in [0.3, 0.4) is 0 Å². The van der Waals surface area contributed by atoms with Crippen molar-refractivity contribution in [1.82, 2.24) is 5.32 Å². The van der Waals surface area contributed by atoms with Gasteiger partial charge in [0.05, 0.1) is 12.7 Å². The van der Waals surface area contributed by atoms with Crippen molar-refractivity contribution in [2.24, 2.45) is 0 Å². The molecule has 0 aliphatic heterocycles. The molecule has 0 aromatic carbocycles. The number of carboxylic acid groups (broad SMARTS) is 1. The van der Waals surface area contributed by atoms with Crippen LogP contribution in [0.1, 0.15) is 40.3 Å². The molecule has 0 radical (unpaired) electrons. The van der Waals surface area contributed by atoms with E-state index >= 15 is 0 Å². The Bertz CT molecular complexity index is 560. The summed E-state index contributed by atoms with van der Waals surface area (Å²) in [7, 11) is 1.22. The van der Waals surface area contributed by atoms with E-state index in [9.17, 15) is 14.4 Å². The van der Waals surface area contributed by atoms with Crippen LogP contribution in [0.25, 0.3) is 0 Å². The van der Waals surface area contributed by atoms with Crippen molar-refractivity contribution in [2.75, 3.05) is 7.11 Å². The van der Waals surface area contributed by atoms with Crippen LogP contribution in [-0.4, -0.2) is 36.1 Å². The van der Waals surface area contributed by atoms with Gasteiger partial charge in [0, 0.05) is 12.0 Å². The maximum absolute atomic E-state index is 12.2. The van der Waals surface area contributed by atoms with Gasteiger partial charge in [-0.05, 0) is 27.2 Å². The van der Waals surface area contributed by atoms with Gasteiger partial charge in [0.1, 0.15) is 17.6 Å². The minimum Gasteiger partial charge on any atom is -0.480 e. The SMILES string of the molecule is COC(=O)CC[C@H](NC(=O)c1c(C)oc(C)c1C)C(=O)O. The zero-order valence-corrected chi connectivity index (χ0v) is 12.5. The van der Waals surface area contributed by atoms with E-state index in [0.717, 1.165) is 0 Å². The molecule has 0 unspecified atom stereocenters. The Kier molecular flexibility index (Phi) is 5.52. The number of aryl methyl sites for hydroxylation is 2. The summed E-state index contributed by atoms with van der Waals surface area (Å²) >= 11 is 0. The molecule has 2 N–H and O–H groups in total. The molecule has 7 heteroatoms. The standard InChI is InChI=1S/C14H19NO6/c1-7-8(2)21-9(3)12(7)13(17)15-10(14(18)19)5-6-11(16)20-4/h10H,5-6H2,1-4H3,(H,15,17)(H,18,19)/t10-/m0/s1. The average molecular weight is 297 g/mol. The number of rotatable bonds is 6. The van der Waals surface area contributed by atoms with Crippen LogP contribution in [0.2, 0.25) is 0 Å². The minimum absolute atomic E-state index is 0.0390. The van der Waals surface area contributed by atoms with Crippen LogP contribution in [-0.2, 0) is 14.3 Å². The largest absolute Gasteiger partial charge is 0.480 e. The van der Waals surface area contributed by atoms with E-state index in [2.05, 4.69) is 10.1 Å². The maximum atomic E-state index is 12.2. The number of hydrogen-bond donors (Lipinski definition) is 2. The van der Waals surface area contributed by atoms with Crippen LogP contribution in [0, 0.1) is 20.8 Å². The van der Waals surface area contributed by atoms with Gasteiger partial charge in [-0.15, -0.1) is 0 Å². The third kappa shape index (κ3) is 4.08. The number of methoxy groups -OCH3 is 1. The third-order valence-electron chi connectivity index (χ3n) is 3.26. The van der Waals surface area contributed by atoms with Crippen molar-refractivity contribution < 1.29 is 28.6 Å². The van der Waals surface area contributed by atoms with Crippen molar-refractivity contribution >= 4 is 17.8 Å². The van der Waals surface area contributed by atoms with Crippen LogP contribution < -0.4 is 5.32 Å². The Morgan fingerprint density at radius 1 is 1.24 bits per heavy atom. The second-order valence-corrected chi connectivity index (χ2v) is 4.69. The van der Waals surface area contributed by atoms with Gasteiger partial charge in [0.25, 0.3) is 5.91 Å². The zero-order valence-electron chi connectivity index (χ0n) is 12.5. The molecule has 0 aliphatic carbocycles. The lowest BCUT2D eigenvalue weighted by molar-refractivity contribution is -0.142. The number of nitrogens with one attached hydrogen (secondary N) is 1. The second kappa shape index (κ2) is 6.92. The van der Waals surface area contributed by atoms with Crippen molar-refractivity contribution in [3.63, 3.8) is 0 Å². The molecule has 0 fully saturated rings. The first-order valence-electron chi connectivity index (χ1n) is 6.45. The highest BCUT2D eigenvalue weighted by Crippen LogP contribution is 2.20. The molecule has 1 aromatic heterocycles. The molecule has 21 heavy (non-hydrogen) atoms. The molecule has 0 bridgehead atoms. The minimum atomic E-state index is -1.21. The fourth-order valence-electron chi connectivity index (χ4n) is 1.98. The highest BCUT2D eigenvalue weighted by atomic mass is 16.5. The third-order valence-corrected chi connectivity index (χ3v) is 3.26. The highest BCUT2D eigenvalue weighted by molar-refractivity contribution is 5.98. The molecule has 1 aromatic rings. The predicted octanol–water partition coefficient (Wildman–Crippen LogP) is 1.34. The summed E-state index contributed by atoms with van der Waals surface area (Å²) in [5, 5.41) is 11.5. The van der Waals surface area contributed by atoms with Crippen LogP contribution in [0.15, 0.2) is 4.42 Å². The van der Waals surface area contributed by atoms with E-state index < -0.39 is 23.9 Å². The van der Waals surface area contributed by atoms with Crippen LogP contribution >= 0.6 is 0 Å². The molecule has 7 nitrogen and oxygen atoms in total. The monoisotopic (exact) mass is 297 g/mol. The van der Waals surface area contributed by atoms with Gasteiger partial charge in [0.2, 0.25) is 0 Å². The lowest BCUT2D eigenvalue weighted by Crippen LogP contribution is -2.41. The van der Waals surface area contributed by atoms with Crippen LogP contribution in [0.5, 0.6) is 0 Å². The normalized spacial score (nSPS) is 11.8. The number of ether oxygens (including phenoxy) is 1. The summed E-state index contributed by atoms with van der Waals surface area (Å²) in [6, 6.07) is -1.16. The molecule has 0 saturated carbocycles. The first-order valence-corrected chi connectivity index (χ1v) is 6.45. The van der Waals surface area contributed by atoms with Crippen LogP contribution in [0.4, 0.5) is 0 Å². The predicted molar refractivity (Wildman–Crippen MR) is 73.1 cm³/mol. The van der Waals surface area contributed by atoms with Gasteiger partial charge >= 0.3 is 11.9 Å². The Balaban J connectivity index is 2.81. The van der Waals surface area contributed by atoms with E-state index in [1.54, 1.807) is 20.8 Å². The van der Waals surface area contributed by atoms with Gasteiger partial charge in [-0.1, -0.05) is 0 Å². The van der Waals surface area contributed by atoms with Crippen molar-refractivity contribution in [2.45, 2.75) is 39.7 Å². The number of furan rings is 1. The average Bonchev–Trinajstić information content (AvgIpc) is 2.67. The Morgan fingerprint density at radius 3 is 2.29 bits per heavy atom. The number of carbonyl (C=O) groups excluding carboxylic acids is 2. The Hall–Kier alpha value is -2.31. The van der Waals surface area contributed by atoms with Gasteiger partial charge in [0.15, 0.2) is 0 Å². The van der Waals surface area contributed by atoms with E-state index in [1.165, 1.54) is 7.11 Å². The van der Waals surface area contributed by atoms with Gasteiger partial charge in [-0.2, -0.15) is 0 Å². The topological polar surface area (TPSA) is 106 Å². The first-order chi connectivity index (χ1) is 9.77. The Labute approximate surface area is 122 Å². The number of hydrogen-bond acceptors (Lipinski definition) is 5. The molecule has 0 saturated heterocycles. The molecule has 1 atom stereocenters. The molecule has 0 aliphatic rings. The molecular weight excluding hydrogens is 278 g/mol. The van der Waals surface area contributed by atoms with Gasteiger partial charge in [-0.3, -0.25) is 9.59 Å². The number of esters is 1. The lowest BCUT2D eigenvalue weighted by Gasteiger charge is -2.14. The van der Waals surface area contributed by atoms with E-state index in [-0.39, 0.29) is 12.8 Å². The maximum Gasteiger partial charge on any atom is 0.326 e. The summed E-state index contributed by atoms with van der Waals surface area (Å²) in [6.45, 7) is 5.09. The molecule has 1 heterocycles. The number of amides is 1. The molecule has 116 valence electrons. The first kappa shape index (κ1) is 16.7. The molecular formula is C14H19NO6. The lowest BCUT2D eigenvalue weighted by atomic mass is 10.1. The van der Waals surface area contributed by atoms with Crippen molar-refractivity contribution in [3.8, 4) is 0 Å². The quantitative estimate of drug-likeness (QED) is 0.767. The van der Waals surface area contributed by atoms with Crippen molar-refractivity contribution in [3.05, 3.63) is 22.6 Å². The summed E-state index contributed by atoms with van der Waals surface area (Å²) in [6.07, 6.45) is -0.126. The fourth-order valence-corrected chi connectivity index (χ4v) is 1.98. The highest BCUT2D eigenvalue weighted by Gasteiger charge is 2.25. The number of carbonyl (C=O) groups is 3.